The highest BCUT2D eigenvalue weighted by molar-refractivity contribution is 7.98. The van der Waals surface area contributed by atoms with Crippen molar-refractivity contribution in [1.82, 2.24) is 0 Å². The lowest BCUT2D eigenvalue weighted by molar-refractivity contribution is 0.589. The van der Waals surface area contributed by atoms with Gasteiger partial charge in [0, 0.05) is 46.0 Å². The first-order chi connectivity index (χ1) is 24.9. The van der Waals surface area contributed by atoms with Crippen LogP contribution in [-0.4, -0.2) is 0 Å². The number of hydrogen-bond acceptors (Lipinski definition) is 4. The zero-order valence-corrected chi connectivity index (χ0v) is 34.9. The fraction of sp³-hybridized carbons (Fsp3) is 0.333. The molecule has 0 unspecified atom stereocenters. The molecule has 0 atom stereocenters. The van der Waals surface area contributed by atoms with Crippen LogP contribution in [0.3, 0.4) is 0 Å². The maximum absolute atomic E-state index is 2.45. The third kappa shape index (κ3) is 9.85. The second-order valence-electron chi connectivity index (χ2n) is 16.6. The van der Waals surface area contributed by atoms with Crippen molar-refractivity contribution < 1.29 is 0 Å². The normalized spacial score (nSPS) is 15.3. The predicted molar refractivity (Wildman–Crippen MR) is 238 cm³/mol. The smallest absolute Gasteiger partial charge is 0.0188 e. The van der Waals surface area contributed by atoms with Crippen LogP contribution in [0.25, 0.3) is 21.5 Å². The molecule has 268 valence electrons. The van der Waals surface area contributed by atoms with E-state index >= 15 is 0 Å². The molecule has 0 spiro atoms. The summed E-state index contributed by atoms with van der Waals surface area (Å²) in [6.07, 6.45) is 0. The quantitative estimate of drug-likeness (QED) is 0.151. The van der Waals surface area contributed by atoms with Crippen molar-refractivity contribution in [1.29, 1.82) is 0 Å². The Hall–Kier alpha value is -2.76. The molecule has 4 heteroatoms. The van der Waals surface area contributed by atoms with E-state index in [0.29, 0.717) is 0 Å². The highest BCUT2D eigenvalue weighted by Gasteiger charge is 2.17. The molecule has 6 aromatic rings. The van der Waals surface area contributed by atoms with E-state index < -0.39 is 0 Å². The van der Waals surface area contributed by atoms with Crippen molar-refractivity contribution in [3.63, 3.8) is 0 Å². The maximum atomic E-state index is 2.45. The molecule has 12 bridgehead atoms. The van der Waals surface area contributed by atoms with Gasteiger partial charge in [-0.15, -0.1) is 0 Å². The Morgan fingerprint density at radius 3 is 0.750 bits per heavy atom. The minimum absolute atomic E-state index is 0.128. The van der Waals surface area contributed by atoms with Crippen LogP contribution in [0.15, 0.2) is 109 Å². The zero-order chi connectivity index (χ0) is 36.3. The lowest BCUT2D eigenvalue weighted by atomic mass is 9.85. The van der Waals surface area contributed by atoms with Gasteiger partial charge in [0.15, 0.2) is 0 Å². The summed E-state index contributed by atoms with van der Waals surface area (Å²) in [6, 6.07) is 42.9. The van der Waals surface area contributed by atoms with Gasteiger partial charge in [0.2, 0.25) is 0 Å². The standard InChI is InChI=1S/C48H52S4/c1-47(2,3)45-21-37-15-38(22-45)30-50-26-34-8-12-44-20-36(10-14-42(44)18-34)28-52-32-40-16-39(23-46(24-40)48(4,5)6)31-51-27-35-9-13-41-17-33(25-49-29-37)7-11-43(41)19-35/h7-24H,25-32H2,1-6H3. The van der Waals surface area contributed by atoms with Crippen molar-refractivity contribution in [2.75, 3.05) is 0 Å². The molecule has 52 heavy (non-hydrogen) atoms. The van der Waals surface area contributed by atoms with Crippen LogP contribution in [0.5, 0.6) is 0 Å². The maximum Gasteiger partial charge on any atom is 0.0188 e. The van der Waals surface area contributed by atoms with E-state index in [-0.39, 0.29) is 10.8 Å². The molecule has 0 N–H and O–H groups in total. The van der Waals surface area contributed by atoms with Crippen LogP contribution in [0.2, 0.25) is 0 Å². The first-order valence-corrected chi connectivity index (χ1v) is 23.2. The monoisotopic (exact) mass is 756 g/mol. The molecule has 8 heterocycles. The molecule has 0 saturated carbocycles. The molecular weight excluding hydrogens is 705 g/mol. The highest BCUT2D eigenvalue weighted by atomic mass is 32.2. The summed E-state index contributed by atoms with van der Waals surface area (Å²) in [6.45, 7) is 14.0. The van der Waals surface area contributed by atoms with E-state index in [1.54, 1.807) is 0 Å². The van der Waals surface area contributed by atoms with Crippen molar-refractivity contribution >= 4 is 68.6 Å². The van der Waals surface area contributed by atoms with Crippen LogP contribution < -0.4 is 0 Å². The fourth-order valence-corrected chi connectivity index (χ4v) is 10.6. The van der Waals surface area contributed by atoms with E-state index in [1.165, 1.54) is 77.2 Å². The largest absolute Gasteiger partial charge is 0.152 e. The Morgan fingerprint density at radius 1 is 0.288 bits per heavy atom. The van der Waals surface area contributed by atoms with E-state index in [0.717, 1.165) is 46.0 Å². The molecule has 0 saturated heterocycles. The summed E-state index contributed by atoms with van der Waals surface area (Å²) in [5.74, 6) is 8.21. The van der Waals surface area contributed by atoms with Gasteiger partial charge in [-0.05, 0) is 88.0 Å². The molecule has 8 aliphatic heterocycles. The van der Waals surface area contributed by atoms with Gasteiger partial charge in [-0.2, -0.15) is 47.0 Å². The number of thioether (sulfide) groups is 4. The van der Waals surface area contributed by atoms with Crippen LogP contribution >= 0.6 is 47.0 Å². The minimum Gasteiger partial charge on any atom is -0.152 e. The highest BCUT2D eigenvalue weighted by Crippen LogP contribution is 2.33. The van der Waals surface area contributed by atoms with Gasteiger partial charge in [0.25, 0.3) is 0 Å². The van der Waals surface area contributed by atoms with Crippen molar-refractivity contribution in [2.24, 2.45) is 0 Å². The topological polar surface area (TPSA) is 0 Å². The second kappa shape index (κ2) is 16.3. The van der Waals surface area contributed by atoms with Crippen molar-refractivity contribution in [3.8, 4) is 0 Å². The Morgan fingerprint density at radius 2 is 0.519 bits per heavy atom. The van der Waals surface area contributed by atoms with Crippen LogP contribution in [0, 0.1) is 0 Å². The molecule has 0 radical (unpaired) electrons. The molecular formula is C48H52S4. The van der Waals surface area contributed by atoms with Gasteiger partial charge < -0.3 is 0 Å². The Bertz CT molecular complexity index is 1890. The number of hydrogen-bond donors (Lipinski definition) is 0. The number of benzene rings is 6. The van der Waals surface area contributed by atoms with Gasteiger partial charge in [0.1, 0.15) is 0 Å². The van der Waals surface area contributed by atoms with Gasteiger partial charge in [-0.3, -0.25) is 0 Å². The summed E-state index contributed by atoms with van der Waals surface area (Å²) in [7, 11) is 0. The third-order valence-corrected chi connectivity index (χ3v) is 14.2. The Kier molecular flexibility index (Phi) is 11.8. The lowest BCUT2D eigenvalue weighted by Crippen LogP contribution is -2.12. The summed E-state index contributed by atoms with van der Waals surface area (Å²) >= 11 is 8.11. The minimum atomic E-state index is 0.128. The average Bonchev–Trinajstić information content (AvgIpc) is 3.10. The van der Waals surface area contributed by atoms with Crippen LogP contribution in [-0.2, 0) is 56.9 Å². The summed E-state index contributed by atoms with van der Waals surface area (Å²) in [5.41, 5.74) is 14.5. The summed E-state index contributed by atoms with van der Waals surface area (Å²) in [5, 5.41) is 5.37. The van der Waals surface area contributed by atoms with Gasteiger partial charge in [0.05, 0.1) is 0 Å². The Balaban J connectivity index is 1.15. The first kappa shape index (κ1) is 37.6. The van der Waals surface area contributed by atoms with Gasteiger partial charge in [-0.25, -0.2) is 0 Å². The predicted octanol–water partition coefficient (Wildman–Crippen LogP) is 14.6. The fourth-order valence-electron chi connectivity index (χ4n) is 6.92. The Labute approximate surface area is 329 Å². The number of rotatable bonds is 0. The lowest BCUT2D eigenvalue weighted by Gasteiger charge is -2.21. The first-order valence-electron chi connectivity index (χ1n) is 18.6. The van der Waals surface area contributed by atoms with E-state index in [1.807, 2.05) is 47.0 Å². The molecule has 14 rings (SSSR count). The second-order valence-corrected chi connectivity index (χ2v) is 20.5. The average molecular weight is 757 g/mol. The van der Waals surface area contributed by atoms with E-state index in [4.69, 9.17) is 0 Å². The molecule has 0 fully saturated rings. The molecule has 0 nitrogen and oxygen atoms in total. The molecule has 0 aliphatic carbocycles. The SMILES string of the molecule is CC(C)(C)c1cc2cc(c1)CSCc1ccc3cc(ccc3c1)CSCc1cc(cc(C(C)(C)C)c1)CSCc1ccc3cc(ccc3c1)CSC2. The molecule has 0 amide bonds. The molecule has 6 aromatic carbocycles. The molecule has 0 aromatic heterocycles. The van der Waals surface area contributed by atoms with Crippen LogP contribution in [0.1, 0.15) is 97.2 Å². The van der Waals surface area contributed by atoms with E-state index in [9.17, 15) is 0 Å². The zero-order valence-electron chi connectivity index (χ0n) is 31.7. The van der Waals surface area contributed by atoms with Crippen molar-refractivity contribution in [2.45, 2.75) is 98.4 Å². The van der Waals surface area contributed by atoms with Gasteiger partial charge in [-0.1, -0.05) is 151 Å². The summed E-state index contributed by atoms with van der Waals surface area (Å²) < 4.78 is 0. The van der Waals surface area contributed by atoms with E-state index in [2.05, 4.69) is 151 Å². The van der Waals surface area contributed by atoms with Crippen LogP contribution in [0.4, 0.5) is 0 Å². The van der Waals surface area contributed by atoms with Gasteiger partial charge >= 0.3 is 0 Å². The molecule has 8 aliphatic rings. The third-order valence-electron chi connectivity index (χ3n) is 9.93. The van der Waals surface area contributed by atoms with Crippen molar-refractivity contribution in [3.05, 3.63) is 165 Å². The summed E-state index contributed by atoms with van der Waals surface area (Å²) in [4.78, 5) is 0.